The summed E-state index contributed by atoms with van der Waals surface area (Å²) >= 11 is 0. The normalized spacial score (nSPS) is 11.4. The van der Waals surface area contributed by atoms with Gasteiger partial charge in [0.2, 0.25) is 0 Å². The molecule has 1 heterocycles. The van der Waals surface area contributed by atoms with Crippen LogP contribution in [-0.2, 0) is 0 Å². The molecule has 0 spiro atoms. The molecule has 0 atom stereocenters. The Labute approximate surface area is 175 Å². The molecule has 0 aliphatic heterocycles. The molecule has 0 saturated heterocycles. The molecule has 0 radical (unpaired) electrons. The Morgan fingerprint density at radius 1 is 1.00 bits per heavy atom. The summed E-state index contributed by atoms with van der Waals surface area (Å²) in [6.07, 6.45) is 1.33. The van der Waals surface area contributed by atoms with E-state index in [0.29, 0.717) is 16.6 Å². The predicted molar refractivity (Wildman–Crippen MR) is 114 cm³/mol. The van der Waals surface area contributed by atoms with Gasteiger partial charge in [-0.25, -0.2) is 4.98 Å². The van der Waals surface area contributed by atoms with Crippen molar-refractivity contribution < 1.29 is 14.8 Å². The van der Waals surface area contributed by atoms with Crippen LogP contribution in [0, 0.1) is 10.1 Å². The predicted octanol–water partition coefficient (Wildman–Crippen LogP) is 3.33. The summed E-state index contributed by atoms with van der Waals surface area (Å²) in [5, 5.41) is 22.9. The molecule has 0 bridgehead atoms. The molecule has 0 amide bonds. The van der Waals surface area contributed by atoms with E-state index in [0.717, 1.165) is 12.1 Å². The third-order valence-electron chi connectivity index (χ3n) is 4.63. The molecule has 8 nitrogen and oxygen atoms in total. The highest BCUT2D eigenvalue weighted by Crippen LogP contribution is 2.27. The smallest absolute Gasteiger partial charge is 0.275 e. The lowest BCUT2D eigenvalue weighted by molar-refractivity contribution is -0.398. The second kappa shape index (κ2) is 8.03. The highest BCUT2D eigenvalue weighted by Gasteiger charge is 2.20. The molecule has 1 aromatic heterocycles. The van der Waals surface area contributed by atoms with Crippen LogP contribution in [0.25, 0.3) is 22.7 Å². The maximum absolute atomic E-state index is 13.3. The second-order valence-electron chi connectivity index (χ2n) is 6.67. The zero-order chi connectivity index (χ0) is 22.0. The fourth-order valence-corrected chi connectivity index (χ4v) is 3.13. The number of nitro benzene ring substituents is 1. The number of carbonyl (C=O) groups excluding carboxylic acids is 1. The number of hydrogen-bond acceptors (Lipinski definition) is 6. The average Bonchev–Trinajstić information content (AvgIpc) is 2.78. The van der Waals surface area contributed by atoms with Crippen LogP contribution in [-0.4, -0.2) is 20.7 Å². The van der Waals surface area contributed by atoms with E-state index in [2.05, 4.69) is 9.97 Å². The number of nitrogens with zero attached hydrogens (tertiary/aromatic N) is 2. The van der Waals surface area contributed by atoms with Crippen molar-refractivity contribution in [1.29, 1.82) is 0 Å². The monoisotopic (exact) mass is 412 g/mol. The van der Waals surface area contributed by atoms with Crippen molar-refractivity contribution >= 4 is 34.2 Å². The summed E-state index contributed by atoms with van der Waals surface area (Å²) in [6, 6.07) is 18.6. The number of fused-ring (bicyclic) bond motifs is 1. The Hall–Kier alpha value is -4.59. The number of ketones is 1. The largest absolute Gasteiger partial charge is 0.868 e. The van der Waals surface area contributed by atoms with Crippen molar-refractivity contribution in [1.82, 2.24) is 9.97 Å². The number of nitrogens with one attached hydrogen (secondary N) is 1. The van der Waals surface area contributed by atoms with Gasteiger partial charge in [-0.2, -0.15) is 0 Å². The first-order chi connectivity index (χ1) is 14.9. The van der Waals surface area contributed by atoms with Gasteiger partial charge in [0, 0.05) is 11.6 Å². The minimum Gasteiger partial charge on any atom is -0.868 e. The van der Waals surface area contributed by atoms with Gasteiger partial charge in [0.05, 0.1) is 21.5 Å². The molecule has 31 heavy (non-hydrogen) atoms. The summed E-state index contributed by atoms with van der Waals surface area (Å²) in [5.74, 6) is -1.23. The number of nitro groups is 1. The minimum atomic E-state index is -0.792. The Bertz CT molecular complexity index is 1410. The summed E-state index contributed by atoms with van der Waals surface area (Å²) < 4.78 is 0. The number of H-pyrrole nitrogens is 1. The van der Waals surface area contributed by atoms with Crippen LogP contribution < -0.4 is 10.7 Å². The van der Waals surface area contributed by atoms with E-state index in [9.17, 15) is 24.8 Å². The van der Waals surface area contributed by atoms with Gasteiger partial charge in [-0.1, -0.05) is 54.6 Å². The SMILES string of the molecule is O=C(/C(=C/c1ccc([O-])c([N+](=O)[O-])c1)c1nc2ccccc2[nH]c1=O)c1ccccc1. The molecule has 1 N–H and O–H groups in total. The van der Waals surface area contributed by atoms with Crippen molar-refractivity contribution in [3.8, 4) is 5.75 Å². The number of carbonyl (C=O) groups is 1. The lowest BCUT2D eigenvalue weighted by Crippen LogP contribution is -2.18. The van der Waals surface area contributed by atoms with E-state index in [1.165, 1.54) is 12.1 Å². The Kier molecular flexibility index (Phi) is 5.11. The lowest BCUT2D eigenvalue weighted by atomic mass is 9.98. The van der Waals surface area contributed by atoms with Crippen LogP contribution in [0.1, 0.15) is 21.6 Å². The molecule has 4 rings (SSSR count). The Balaban J connectivity index is 1.95. The first-order valence-corrected chi connectivity index (χ1v) is 9.20. The molecule has 0 saturated carbocycles. The lowest BCUT2D eigenvalue weighted by Gasteiger charge is -2.10. The van der Waals surface area contributed by atoms with Crippen molar-refractivity contribution in [2.75, 3.05) is 0 Å². The number of Topliss-reactive ketones (excluding diaryl/α,β-unsaturated/α-hetero) is 1. The maximum Gasteiger partial charge on any atom is 0.275 e. The fourth-order valence-electron chi connectivity index (χ4n) is 3.13. The standard InChI is InChI=1S/C23H15N3O5/c27-20-11-10-14(13-19(20)26(30)31)12-16(22(28)15-6-2-1-3-7-15)21-23(29)25-18-9-5-4-8-17(18)24-21/h1-13,27H,(H,25,29)/p-1/b16-12+. The van der Waals surface area contributed by atoms with Crippen molar-refractivity contribution in [3.63, 3.8) is 0 Å². The van der Waals surface area contributed by atoms with Crippen LogP contribution in [0.2, 0.25) is 0 Å². The van der Waals surface area contributed by atoms with Gasteiger partial charge >= 0.3 is 0 Å². The first-order valence-electron chi connectivity index (χ1n) is 9.20. The average molecular weight is 412 g/mol. The molecule has 3 aromatic carbocycles. The topological polar surface area (TPSA) is 129 Å². The number of aromatic nitrogens is 2. The van der Waals surface area contributed by atoms with Crippen molar-refractivity contribution in [2.24, 2.45) is 0 Å². The molecular formula is C23H14N3O5-. The molecule has 0 fully saturated rings. The van der Waals surface area contributed by atoms with E-state index in [-0.39, 0.29) is 16.8 Å². The van der Waals surface area contributed by atoms with Crippen molar-refractivity contribution in [3.05, 3.63) is 110 Å². The molecule has 0 aliphatic rings. The maximum atomic E-state index is 13.3. The highest BCUT2D eigenvalue weighted by molar-refractivity contribution is 6.32. The van der Waals surface area contributed by atoms with Crippen LogP contribution in [0.4, 0.5) is 5.69 Å². The van der Waals surface area contributed by atoms with E-state index >= 15 is 0 Å². The van der Waals surface area contributed by atoms with Crippen LogP contribution in [0.5, 0.6) is 5.75 Å². The van der Waals surface area contributed by atoms with Crippen molar-refractivity contribution in [2.45, 2.75) is 0 Å². The van der Waals surface area contributed by atoms with Gasteiger partial charge < -0.3 is 10.1 Å². The second-order valence-corrected chi connectivity index (χ2v) is 6.67. The van der Waals surface area contributed by atoms with Gasteiger partial charge in [0.1, 0.15) is 5.69 Å². The fraction of sp³-hybridized carbons (Fsp3) is 0. The molecular weight excluding hydrogens is 398 g/mol. The molecule has 152 valence electrons. The number of para-hydroxylation sites is 2. The van der Waals surface area contributed by atoms with Gasteiger partial charge in [0.25, 0.3) is 11.2 Å². The Morgan fingerprint density at radius 2 is 1.71 bits per heavy atom. The summed E-state index contributed by atoms with van der Waals surface area (Å²) in [7, 11) is 0. The van der Waals surface area contributed by atoms with Gasteiger partial charge in [0.15, 0.2) is 5.78 Å². The zero-order valence-corrected chi connectivity index (χ0v) is 15.9. The number of hydrogen-bond donors (Lipinski definition) is 1. The van der Waals surface area contributed by atoms with Crippen LogP contribution >= 0.6 is 0 Å². The number of benzene rings is 3. The zero-order valence-electron chi connectivity index (χ0n) is 15.9. The van der Waals surface area contributed by atoms with Gasteiger partial charge in [-0.05, 0) is 29.5 Å². The first kappa shape index (κ1) is 19.7. The van der Waals surface area contributed by atoms with Gasteiger partial charge in [-0.3, -0.25) is 19.7 Å². The third-order valence-corrected chi connectivity index (χ3v) is 4.63. The quantitative estimate of drug-likeness (QED) is 0.232. The molecule has 0 aliphatic carbocycles. The number of allylic oxidation sites excluding steroid dienone is 1. The van der Waals surface area contributed by atoms with E-state index in [4.69, 9.17) is 0 Å². The number of rotatable bonds is 5. The van der Waals surface area contributed by atoms with E-state index in [1.54, 1.807) is 54.6 Å². The highest BCUT2D eigenvalue weighted by atomic mass is 16.6. The molecule has 0 unspecified atom stereocenters. The van der Waals surface area contributed by atoms with Gasteiger partial charge in [-0.15, -0.1) is 0 Å². The van der Waals surface area contributed by atoms with E-state index in [1.807, 2.05) is 0 Å². The third kappa shape index (κ3) is 3.95. The molecule has 8 heteroatoms. The Morgan fingerprint density at radius 3 is 2.45 bits per heavy atom. The summed E-state index contributed by atoms with van der Waals surface area (Å²) in [4.78, 5) is 43.4. The minimum absolute atomic E-state index is 0.0499. The number of aromatic amines is 1. The molecule has 4 aromatic rings. The van der Waals surface area contributed by atoms with E-state index < -0.39 is 27.7 Å². The summed E-state index contributed by atoms with van der Waals surface area (Å²) in [5.41, 5.74) is 0.147. The summed E-state index contributed by atoms with van der Waals surface area (Å²) in [6.45, 7) is 0. The van der Waals surface area contributed by atoms with Crippen LogP contribution in [0.15, 0.2) is 77.6 Å². The van der Waals surface area contributed by atoms with Crippen LogP contribution in [0.3, 0.4) is 0 Å².